The Morgan fingerprint density at radius 2 is 0.743 bits per heavy atom. The van der Waals surface area contributed by atoms with Gasteiger partial charge in [0.15, 0.2) is 0 Å². The van der Waals surface area contributed by atoms with Crippen LogP contribution in [0, 0.1) is 0 Å². The number of nitrogens with zero attached hydrogens (tertiary/aromatic N) is 6. The monoisotopic (exact) mass is 1020 g/mol. The van der Waals surface area contributed by atoms with Gasteiger partial charge in [-0.1, -0.05) is 24.3 Å². The van der Waals surface area contributed by atoms with E-state index in [1.165, 1.54) is 72.8 Å². The molecule has 30 heteroatoms. The number of aromatic nitrogens is 6. The first-order valence-electron chi connectivity index (χ1n) is 19.3. The first-order chi connectivity index (χ1) is 32.2. The van der Waals surface area contributed by atoms with Crippen LogP contribution in [0.2, 0.25) is 0 Å². The molecule has 6 aromatic rings. The first kappa shape index (κ1) is 55.7. The number of hydrogen-bond acceptors (Lipinski definition) is 20. The van der Waals surface area contributed by atoms with E-state index in [-0.39, 0.29) is 157 Å². The Labute approximate surface area is 443 Å². The molecule has 0 aliphatic rings. The number of carboxylic acid groups (broad SMARTS) is 4. The van der Waals surface area contributed by atoms with Crippen LogP contribution in [0.4, 0.5) is 58.4 Å². The maximum Gasteiger partial charge on any atom is 1.00 e. The van der Waals surface area contributed by atoms with Gasteiger partial charge in [0.05, 0.1) is 24.0 Å². The summed E-state index contributed by atoms with van der Waals surface area (Å²) in [7, 11) is -9.98. The Bertz CT molecular complexity index is 2980. The fourth-order valence-corrected chi connectivity index (χ4v) is 7.15. The van der Waals surface area contributed by atoms with E-state index in [9.17, 15) is 55.3 Å². The number of nitrogens with one attached hydrogen (secondary N) is 6. The van der Waals surface area contributed by atoms with E-state index in [2.05, 4.69) is 61.8 Å². The van der Waals surface area contributed by atoms with E-state index in [0.717, 1.165) is 24.3 Å². The molecule has 2 aromatic heterocycles. The summed E-state index contributed by atoms with van der Waals surface area (Å²) in [6, 6.07) is 18.3. The second kappa shape index (κ2) is 24.6. The molecule has 12 N–H and O–H groups in total. The fraction of sp³-hybridized carbons (Fsp3) is 0.100. The molecule has 0 radical (unpaired) electrons. The maximum absolute atomic E-state index is 12.7. The van der Waals surface area contributed by atoms with Gasteiger partial charge in [0.1, 0.15) is 9.79 Å². The Balaban J connectivity index is 0.00000444. The molecule has 0 amide bonds. The Morgan fingerprint density at radius 1 is 0.457 bits per heavy atom. The third-order valence-electron chi connectivity index (χ3n) is 8.83. The molecular formula is C40H38N12Na2O14S2. The van der Waals surface area contributed by atoms with Crippen LogP contribution < -0.4 is 91.0 Å². The molecule has 356 valence electrons. The quantitative estimate of drug-likeness (QED) is 0.0223. The van der Waals surface area contributed by atoms with Crippen molar-refractivity contribution in [2.24, 2.45) is 0 Å². The van der Waals surface area contributed by atoms with Crippen LogP contribution >= 0.6 is 0 Å². The van der Waals surface area contributed by atoms with Gasteiger partial charge in [-0.3, -0.25) is 18.7 Å². The predicted molar refractivity (Wildman–Crippen MR) is 245 cm³/mol. The Kier molecular flexibility index (Phi) is 19.6. The second-order valence-corrected chi connectivity index (χ2v) is 16.6. The first-order valence-corrected chi connectivity index (χ1v) is 22.2. The van der Waals surface area contributed by atoms with Crippen molar-refractivity contribution in [3.63, 3.8) is 0 Å². The minimum atomic E-state index is -4.99. The fourth-order valence-electron chi connectivity index (χ4n) is 5.73. The minimum absolute atomic E-state index is 0. The Hall–Kier alpha value is -6.86. The summed E-state index contributed by atoms with van der Waals surface area (Å²) in [6.07, 6.45) is 1.69. The Morgan fingerprint density at radius 3 is 1.03 bits per heavy atom. The van der Waals surface area contributed by atoms with Crippen molar-refractivity contribution in [2.75, 3.05) is 45.0 Å². The number of anilines is 10. The van der Waals surface area contributed by atoms with E-state index in [1.54, 1.807) is 0 Å². The number of benzene rings is 4. The molecule has 2 heterocycles. The van der Waals surface area contributed by atoms with Gasteiger partial charge in [-0.15, -0.1) is 0 Å². The van der Waals surface area contributed by atoms with Crippen LogP contribution in [0.5, 0.6) is 0 Å². The molecule has 0 saturated carbocycles. The van der Waals surface area contributed by atoms with E-state index >= 15 is 0 Å². The summed E-state index contributed by atoms with van der Waals surface area (Å²) in [6.45, 7) is -0.191. The van der Waals surface area contributed by atoms with E-state index < -0.39 is 53.9 Å². The van der Waals surface area contributed by atoms with Crippen molar-refractivity contribution in [1.82, 2.24) is 29.9 Å². The largest absolute Gasteiger partial charge is 1.00 e. The van der Waals surface area contributed by atoms with Gasteiger partial charge in [0.25, 0.3) is 20.2 Å². The third-order valence-corrected chi connectivity index (χ3v) is 10.6. The molecule has 0 aliphatic carbocycles. The second-order valence-electron chi connectivity index (χ2n) is 13.8. The molecule has 0 fully saturated rings. The van der Waals surface area contributed by atoms with Crippen molar-refractivity contribution >= 4 is 115 Å². The molecule has 6 rings (SSSR count). The zero-order chi connectivity index (χ0) is 49.2. The van der Waals surface area contributed by atoms with E-state index in [0.29, 0.717) is 11.4 Å². The number of aromatic carboxylic acids is 2. The third kappa shape index (κ3) is 16.4. The van der Waals surface area contributed by atoms with Crippen LogP contribution in [-0.2, 0) is 29.8 Å². The molecule has 0 unspecified atom stereocenters. The van der Waals surface area contributed by atoms with Crippen LogP contribution in [0.3, 0.4) is 0 Å². The number of carbonyl (C=O) groups is 4. The van der Waals surface area contributed by atoms with Crippen molar-refractivity contribution in [3.05, 3.63) is 107 Å². The number of carboxylic acids is 4. The van der Waals surface area contributed by atoms with Gasteiger partial charge in [-0.25, -0.2) is 9.59 Å². The minimum Gasteiger partial charge on any atom is -1.00 e. The van der Waals surface area contributed by atoms with Crippen LogP contribution in [0.1, 0.15) is 47.5 Å². The van der Waals surface area contributed by atoms with Gasteiger partial charge in [0, 0.05) is 35.8 Å². The number of rotatable bonds is 22. The topological polar surface area (TPSA) is 407 Å². The van der Waals surface area contributed by atoms with Gasteiger partial charge < -0.3 is 55.2 Å². The molecule has 4 aromatic carbocycles. The summed E-state index contributed by atoms with van der Waals surface area (Å²) in [5.41, 5.74) is 0.477. The predicted octanol–water partition coefficient (Wildman–Crippen LogP) is -0.903. The smallest absolute Gasteiger partial charge is 1.00 e. The van der Waals surface area contributed by atoms with Gasteiger partial charge in [0.2, 0.25) is 35.7 Å². The van der Waals surface area contributed by atoms with Gasteiger partial charge in [-0.2, -0.15) is 46.7 Å². The van der Waals surface area contributed by atoms with Crippen LogP contribution in [0.15, 0.2) is 94.7 Å². The van der Waals surface area contributed by atoms with Gasteiger partial charge >= 0.3 is 83.0 Å². The summed E-state index contributed by atoms with van der Waals surface area (Å²) in [5, 5.41) is 53.3. The average molecular weight is 1020 g/mol. The van der Waals surface area contributed by atoms with Gasteiger partial charge in [-0.05, 0) is 83.9 Å². The summed E-state index contributed by atoms with van der Waals surface area (Å²) in [5.74, 6) is -5.31. The summed E-state index contributed by atoms with van der Waals surface area (Å²) in [4.78, 5) is 68.7. The maximum atomic E-state index is 12.7. The van der Waals surface area contributed by atoms with Crippen molar-refractivity contribution < 1.29 is 128 Å². The summed E-state index contributed by atoms with van der Waals surface area (Å²) >= 11 is 0. The molecule has 0 aliphatic heterocycles. The SMILES string of the molecule is O=C(O)CCNc1nc(Nc2ccc(C(=O)O)cc2)nc(Nc2ccc(C=Cc3ccc(Nc4nc(NCCC(=O)O)nc(Nc5ccc(C(=O)O)cc5)n4)cc3S(=O)(=O)O)c(S(=O)(=O)O)c2)n1.[H-].[H-].[Na+].[Na+]. The molecule has 0 spiro atoms. The molecular weight excluding hydrogens is 983 g/mol. The van der Waals surface area contributed by atoms with Crippen molar-refractivity contribution in [2.45, 2.75) is 22.6 Å². The van der Waals surface area contributed by atoms with E-state index in [4.69, 9.17) is 10.2 Å². The van der Waals surface area contributed by atoms with Crippen molar-refractivity contribution in [1.29, 1.82) is 0 Å². The molecule has 0 atom stereocenters. The zero-order valence-corrected chi connectivity index (χ0v) is 42.1. The average Bonchev–Trinajstić information content (AvgIpc) is 3.25. The van der Waals surface area contributed by atoms with Crippen LogP contribution in [0.25, 0.3) is 12.2 Å². The number of hydrogen-bond donors (Lipinski definition) is 12. The molecule has 70 heavy (non-hydrogen) atoms. The zero-order valence-electron chi connectivity index (χ0n) is 38.5. The molecule has 0 saturated heterocycles. The number of aliphatic carboxylic acids is 2. The molecule has 0 bridgehead atoms. The van der Waals surface area contributed by atoms with Crippen molar-refractivity contribution in [3.8, 4) is 0 Å². The standard InChI is InChI=1S/C40H36N12O14S2.2Na.2H/c53-31(54)15-17-41-35-47-37(43-25-9-5-23(6-10-25)33(57)58)51-39(49-35)45-27-13-3-21(29(19-27)67(61,62)63)1-2-22-4-14-28(20-30(22)68(64,65)66)46-40-50-36(42-18-16-32(55)56)48-38(52-40)44-26-11-7-24(8-12-26)34(59)60;;;;/h1-14,19-20H,15-18H2,(H,53,54)(H,55,56)(H,57,58)(H,59,60)(H,61,62,63)(H,64,65,66)(H3,41,43,45,47,49,51)(H3,42,44,46,48,50,52);;;;/q;2*+1;2*-1. The molecule has 26 nitrogen and oxygen atoms in total. The van der Waals surface area contributed by atoms with E-state index in [1.807, 2.05) is 0 Å². The van der Waals surface area contributed by atoms with Crippen LogP contribution in [-0.4, -0.2) is 113 Å². The summed E-state index contributed by atoms with van der Waals surface area (Å²) < 4.78 is 71.2. The normalized spacial score (nSPS) is 11.1.